The van der Waals surface area contributed by atoms with Gasteiger partial charge in [0, 0.05) is 24.5 Å². The van der Waals surface area contributed by atoms with Gasteiger partial charge in [0.15, 0.2) is 11.5 Å². The van der Waals surface area contributed by atoms with E-state index in [1.807, 2.05) is 60.7 Å². The van der Waals surface area contributed by atoms with Gasteiger partial charge >= 0.3 is 0 Å². The smallest absolute Gasteiger partial charge is 0.228 e. The first-order chi connectivity index (χ1) is 20.8. The minimum atomic E-state index is -0.969. The van der Waals surface area contributed by atoms with Gasteiger partial charge in [0.25, 0.3) is 0 Å². The number of amides is 1. The molecule has 2 fully saturated rings. The van der Waals surface area contributed by atoms with Crippen LogP contribution in [0.5, 0.6) is 17.2 Å². The molecule has 0 aromatic heterocycles. The number of nitrogens with two attached hydrogens (primary N) is 1. The molecule has 2 saturated heterocycles. The van der Waals surface area contributed by atoms with E-state index in [1.165, 1.54) is 0 Å². The van der Waals surface area contributed by atoms with E-state index in [1.54, 1.807) is 21.3 Å². The number of piperidine rings is 1. The lowest BCUT2D eigenvalue weighted by atomic mass is 9.51. The number of carbonyl (C=O) groups is 1. The summed E-state index contributed by atoms with van der Waals surface area (Å²) in [5.74, 6) is 1.37. The van der Waals surface area contributed by atoms with Gasteiger partial charge in [0.05, 0.1) is 36.8 Å². The Morgan fingerprint density at radius 1 is 1.00 bits per heavy atom. The van der Waals surface area contributed by atoms with Gasteiger partial charge in [-0.2, -0.15) is 0 Å². The van der Waals surface area contributed by atoms with Crippen LogP contribution in [0.15, 0.2) is 60.7 Å². The number of primary amides is 1. The van der Waals surface area contributed by atoms with Crippen molar-refractivity contribution in [3.63, 3.8) is 0 Å². The van der Waals surface area contributed by atoms with Crippen LogP contribution in [-0.2, 0) is 16.8 Å². The Kier molecular flexibility index (Phi) is 9.47. The molecule has 0 spiro atoms. The molecule has 0 aliphatic carbocycles. The molecule has 0 bridgehead atoms. The lowest BCUT2D eigenvalue weighted by Gasteiger charge is -2.61. The highest BCUT2D eigenvalue weighted by atomic mass is 35.5. The second-order valence-electron chi connectivity index (χ2n) is 11.5. The van der Waals surface area contributed by atoms with Gasteiger partial charge in [-0.1, -0.05) is 66.5 Å². The molecule has 3 aromatic carbocycles. The summed E-state index contributed by atoms with van der Waals surface area (Å²) in [6, 6.07) is 19.8. The molecule has 4 unspecified atom stereocenters. The Bertz CT molecular complexity index is 1420. The SMILES string of the molecule is CCC1(C2CCNC2)C(c2ccc(Cl)c(Cl)c2)C(C(N)=O)(c2ccccc2)CCN1Cc1cc(OC)c(OC)c(OC)c1. The van der Waals surface area contributed by atoms with E-state index < -0.39 is 11.0 Å². The zero-order valence-corrected chi connectivity index (χ0v) is 26.8. The highest BCUT2D eigenvalue weighted by Gasteiger charge is 2.63. The summed E-state index contributed by atoms with van der Waals surface area (Å²) < 4.78 is 17.0. The first kappa shape index (κ1) is 31.5. The number of hydrogen-bond acceptors (Lipinski definition) is 6. The van der Waals surface area contributed by atoms with Crippen molar-refractivity contribution in [3.8, 4) is 17.2 Å². The van der Waals surface area contributed by atoms with Crippen molar-refractivity contribution in [2.24, 2.45) is 11.7 Å². The first-order valence-corrected chi connectivity index (χ1v) is 15.6. The predicted octanol–water partition coefficient (Wildman–Crippen LogP) is 6.19. The van der Waals surface area contributed by atoms with Crippen LogP contribution in [0.3, 0.4) is 0 Å². The fraction of sp³-hybridized carbons (Fsp3) is 0.441. The Labute approximate surface area is 264 Å². The third-order valence-corrected chi connectivity index (χ3v) is 10.5. The molecule has 43 heavy (non-hydrogen) atoms. The molecule has 0 radical (unpaired) electrons. The summed E-state index contributed by atoms with van der Waals surface area (Å²) in [5.41, 5.74) is 8.00. The molecule has 2 aliphatic rings. The van der Waals surface area contributed by atoms with Crippen molar-refractivity contribution < 1.29 is 19.0 Å². The Hall–Kier alpha value is -2.97. The summed E-state index contributed by atoms with van der Waals surface area (Å²) in [5, 5.41) is 4.54. The van der Waals surface area contributed by atoms with E-state index in [2.05, 4.69) is 17.1 Å². The van der Waals surface area contributed by atoms with Crippen LogP contribution in [0.1, 0.15) is 48.8 Å². The van der Waals surface area contributed by atoms with Crippen molar-refractivity contribution in [2.45, 2.75) is 49.6 Å². The third-order valence-electron chi connectivity index (χ3n) is 9.79. The summed E-state index contributed by atoms with van der Waals surface area (Å²) in [4.78, 5) is 16.6. The van der Waals surface area contributed by atoms with E-state index in [0.717, 1.165) is 42.6 Å². The number of methoxy groups -OCH3 is 3. The number of carbonyl (C=O) groups excluding carboxylic acids is 1. The third kappa shape index (κ3) is 5.35. The Morgan fingerprint density at radius 3 is 2.23 bits per heavy atom. The van der Waals surface area contributed by atoms with E-state index >= 15 is 0 Å². The zero-order chi connectivity index (χ0) is 30.8. The standard InChI is InChI=1S/C34H41Cl2N3O4/c1-5-34(25-13-15-38-20-25)31(23-11-12-26(35)27(36)19-23)33(32(37)40,24-9-7-6-8-10-24)14-16-39(34)21-22-17-28(41-2)30(43-4)29(18-22)42-3/h6-12,17-19,25,31,38H,5,13-16,20-21H2,1-4H3,(H2,37,40). The minimum absolute atomic E-state index is 0.238. The van der Waals surface area contributed by atoms with E-state index in [-0.39, 0.29) is 17.7 Å². The second-order valence-corrected chi connectivity index (χ2v) is 12.4. The zero-order valence-electron chi connectivity index (χ0n) is 25.3. The van der Waals surface area contributed by atoms with Gasteiger partial charge in [-0.3, -0.25) is 9.69 Å². The number of nitrogens with one attached hydrogen (secondary N) is 1. The summed E-state index contributed by atoms with van der Waals surface area (Å²) in [6.07, 6.45) is 2.31. The van der Waals surface area contributed by atoms with Gasteiger partial charge in [0.2, 0.25) is 11.7 Å². The molecule has 3 N–H and O–H groups in total. The lowest BCUT2D eigenvalue weighted by Crippen LogP contribution is -2.69. The van der Waals surface area contributed by atoms with Gasteiger partial charge in [-0.15, -0.1) is 0 Å². The molecular formula is C34H41Cl2N3O4. The van der Waals surface area contributed by atoms with Crippen LogP contribution in [-0.4, -0.2) is 57.3 Å². The first-order valence-electron chi connectivity index (χ1n) is 14.8. The molecule has 2 aliphatic heterocycles. The van der Waals surface area contributed by atoms with E-state index in [0.29, 0.717) is 46.8 Å². The fourth-order valence-electron chi connectivity index (χ4n) is 7.96. The topological polar surface area (TPSA) is 86.1 Å². The molecule has 1 amide bonds. The average Bonchev–Trinajstić information content (AvgIpc) is 3.57. The molecule has 3 aromatic rings. The van der Waals surface area contributed by atoms with Gasteiger partial charge in [0.1, 0.15) is 0 Å². The van der Waals surface area contributed by atoms with Crippen LogP contribution in [0.25, 0.3) is 0 Å². The summed E-state index contributed by atoms with van der Waals surface area (Å²) in [6.45, 7) is 5.25. The van der Waals surface area contributed by atoms with Crippen molar-refractivity contribution >= 4 is 29.1 Å². The molecule has 230 valence electrons. The number of benzene rings is 3. The number of rotatable bonds is 10. The molecule has 7 nitrogen and oxygen atoms in total. The van der Waals surface area contributed by atoms with E-state index in [9.17, 15) is 4.79 Å². The summed E-state index contributed by atoms with van der Waals surface area (Å²) >= 11 is 13.1. The highest BCUT2D eigenvalue weighted by Crippen LogP contribution is 2.59. The predicted molar refractivity (Wildman–Crippen MR) is 172 cm³/mol. The fourth-order valence-corrected chi connectivity index (χ4v) is 8.26. The maximum Gasteiger partial charge on any atom is 0.228 e. The van der Waals surface area contributed by atoms with Crippen LogP contribution in [0.2, 0.25) is 10.0 Å². The van der Waals surface area contributed by atoms with Crippen LogP contribution < -0.4 is 25.3 Å². The number of likely N-dealkylation sites (tertiary alicyclic amines) is 1. The van der Waals surface area contributed by atoms with Crippen molar-refractivity contribution in [1.82, 2.24) is 10.2 Å². The molecule has 0 saturated carbocycles. The second kappa shape index (κ2) is 12.9. The number of nitrogens with zero attached hydrogens (tertiary/aromatic N) is 1. The minimum Gasteiger partial charge on any atom is -0.493 e. The average molecular weight is 627 g/mol. The van der Waals surface area contributed by atoms with Gasteiger partial charge < -0.3 is 25.3 Å². The normalized spacial score (nSPS) is 25.8. The Balaban J connectivity index is 1.76. The van der Waals surface area contributed by atoms with Crippen molar-refractivity contribution in [2.75, 3.05) is 41.0 Å². The van der Waals surface area contributed by atoms with Crippen molar-refractivity contribution in [1.29, 1.82) is 0 Å². The maximum atomic E-state index is 14.0. The molecule has 9 heteroatoms. The van der Waals surface area contributed by atoms with Crippen molar-refractivity contribution in [3.05, 3.63) is 87.4 Å². The lowest BCUT2D eigenvalue weighted by molar-refractivity contribution is -0.134. The number of ether oxygens (including phenoxy) is 3. The van der Waals surface area contributed by atoms with Gasteiger partial charge in [-0.25, -0.2) is 0 Å². The van der Waals surface area contributed by atoms with Crippen LogP contribution in [0.4, 0.5) is 0 Å². The van der Waals surface area contributed by atoms with Crippen LogP contribution in [0, 0.1) is 5.92 Å². The highest BCUT2D eigenvalue weighted by molar-refractivity contribution is 6.42. The summed E-state index contributed by atoms with van der Waals surface area (Å²) in [7, 11) is 4.86. The molecule has 5 rings (SSSR count). The maximum absolute atomic E-state index is 14.0. The molecule has 4 atom stereocenters. The molecule has 2 heterocycles. The number of halogens is 2. The monoisotopic (exact) mass is 625 g/mol. The largest absolute Gasteiger partial charge is 0.493 e. The van der Waals surface area contributed by atoms with E-state index in [4.69, 9.17) is 43.1 Å². The quantitative estimate of drug-likeness (QED) is 0.279. The Morgan fingerprint density at radius 2 is 1.70 bits per heavy atom. The van der Waals surface area contributed by atoms with Crippen LogP contribution >= 0.6 is 23.2 Å². The molecular weight excluding hydrogens is 585 g/mol. The van der Waals surface area contributed by atoms with Gasteiger partial charge in [-0.05, 0) is 79.2 Å². The number of hydrogen-bond donors (Lipinski definition) is 2.